The fraction of sp³-hybridized carbons (Fsp3) is 0.364. The van der Waals surface area contributed by atoms with E-state index in [1.54, 1.807) is 11.3 Å². The Labute approximate surface area is 184 Å². The Kier molecular flexibility index (Phi) is 6.43. The number of piperidine rings is 1. The number of nitrogens with one attached hydrogen (secondary N) is 1. The second-order valence-electron chi connectivity index (χ2n) is 7.77. The van der Waals surface area contributed by atoms with Crippen molar-refractivity contribution in [1.29, 1.82) is 0 Å². The summed E-state index contributed by atoms with van der Waals surface area (Å²) in [7, 11) is 2.15. The second-order valence-corrected chi connectivity index (χ2v) is 8.83. The number of amides is 1. The van der Waals surface area contributed by atoms with E-state index < -0.39 is 0 Å². The first-order valence-electron chi connectivity index (χ1n) is 10.3. The molecule has 0 aliphatic carbocycles. The van der Waals surface area contributed by atoms with Gasteiger partial charge in [-0.25, -0.2) is 9.67 Å². The van der Waals surface area contributed by atoms with E-state index in [1.807, 2.05) is 35.3 Å². The number of carboxylic acid groups (broad SMARTS) is 1. The molecule has 1 fully saturated rings. The summed E-state index contributed by atoms with van der Waals surface area (Å²) in [5.41, 5.74) is 2.23. The van der Waals surface area contributed by atoms with Crippen LogP contribution in [0.2, 0.25) is 0 Å². The molecule has 4 heterocycles. The number of anilines is 1. The van der Waals surface area contributed by atoms with E-state index in [0.29, 0.717) is 12.5 Å². The van der Waals surface area contributed by atoms with Crippen molar-refractivity contribution in [3.63, 3.8) is 0 Å². The Morgan fingerprint density at radius 2 is 1.90 bits per heavy atom. The van der Waals surface area contributed by atoms with Gasteiger partial charge in [0, 0.05) is 34.5 Å². The minimum absolute atomic E-state index is 0.0266. The van der Waals surface area contributed by atoms with Crippen molar-refractivity contribution in [2.24, 2.45) is 0 Å². The average molecular weight is 440 g/mol. The highest BCUT2D eigenvalue weighted by Gasteiger charge is 2.33. The van der Waals surface area contributed by atoms with E-state index in [4.69, 9.17) is 9.90 Å². The van der Waals surface area contributed by atoms with Crippen LogP contribution in [-0.4, -0.2) is 57.3 Å². The first-order chi connectivity index (χ1) is 15.1. The van der Waals surface area contributed by atoms with Crippen LogP contribution in [0.3, 0.4) is 0 Å². The zero-order valence-electron chi connectivity index (χ0n) is 17.3. The van der Waals surface area contributed by atoms with Gasteiger partial charge in [-0.1, -0.05) is 30.3 Å². The van der Waals surface area contributed by atoms with Crippen LogP contribution in [0.15, 0.2) is 42.7 Å². The smallest absolute Gasteiger partial charge is 0.290 e. The molecule has 31 heavy (non-hydrogen) atoms. The third-order valence-corrected chi connectivity index (χ3v) is 6.93. The third kappa shape index (κ3) is 4.52. The molecule has 5 rings (SSSR count). The Bertz CT molecular complexity index is 1040. The first kappa shape index (κ1) is 21.2. The van der Waals surface area contributed by atoms with Gasteiger partial charge >= 0.3 is 0 Å². The molecule has 1 amide bonds. The molecule has 0 saturated carbocycles. The van der Waals surface area contributed by atoms with Crippen molar-refractivity contribution in [2.45, 2.75) is 31.2 Å². The Morgan fingerprint density at radius 1 is 1.19 bits per heavy atom. The van der Waals surface area contributed by atoms with E-state index in [-0.39, 0.29) is 18.3 Å². The molecule has 1 unspecified atom stereocenters. The van der Waals surface area contributed by atoms with Crippen molar-refractivity contribution in [3.05, 3.63) is 53.2 Å². The molecule has 8 nitrogen and oxygen atoms in total. The maximum atomic E-state index is 12.5. The SMILES string of the molecule is CN1CCC(n2ncc3c2NC(=O)CC3c2cnc(-c3ccccc3)s2)CC1.O=CO. The molecule has 0 bridgehead atoms. The lowest BCUT2D eigenvalue weighted by atomic mass is 9.93. The zero-order chi connectivity index (χ0) is 21.8. The van der Waals surface area contributed by atoms with Gasteiger partial charge in [0.15, 0.2) is 0 Å². The van der Waals surface area contributed by atoms with Crippen LogP contribution in [0.25, 0.3) is 10.6 Å². The number of hydrogen-bond donors (Lipinski definition) is 2. The lowest BCUT2D eigenvalue weighted by Crippen LogP contribution is -2.33. The molecule has 162 valence electrons. The van der Waals surface area contributed by atoms with Gasteiger partial charge in [0.1, 0.15) is 10.8 Å². The number of likely N-dealkylation sites (tertiary alicyclic amines) is 1. The second kappa shape index (κ2) is 9.40. The Balaban J connectivity index is 0.000000730. The van der Waals surface area contributed by atoms with Crippen LogP contribution in [-0.2, 0) is 9.59 Å². The molecular weight excluding hydrogens is 414 g/mol. The highest BCUT2D eigenvalue weighted by atomic mass is 32.1. The predicted octanol–water partition coefficient (Wildman–Crippen LogP) is 3.45. The van der Waals surface area contributed by atoms with Crippen LogP contribution < -0.4 is 5.32 Å². The van der Waals surface area contributed by atoms with Gasteiger partial charge in [0.05, 0.1) is 12.2 Å². The van der Waals surface area contributed by atoms with Crippen LogP contribution >= 0.6 is 11.3 Å². The Morgan fingerprint density at radius 3 is 2.61 bits per heavy atom. The zero-order valence-corrected chi connectivity index (χ0v) is 18.1. The third-order valence-electron chi connectivity index (χ3n) is 5.77. The lowest BCUT2D eigenvalue weighted by Gasteiger charge is -2.31. The topological polar surface area (TPSA) is 100 Å². The van der Waals surface area contributed by atoms with E-state index >= 15 is 0 Å². The van der Waals surface area contributed by atoms with E-state index in [9.17, 15) is 4.79 Å². The molecule has 1 atom stereocenters. The number of thiazole rings is 1. The van der Waals surface area contributed by atoms with Crippen molar-refractivity contribution in [3.8, 4) is 10.6 Å². The molecule has 9 heteroatoms. The molecule has 2 aliphatic heterocycles. The van der Waals surface area contributed by atoms with Gasteiger partial charge in [-0.2, -0.15) is 5.10 Å². The summed E-state index contributed by atoms with van der Waals surface area (Å²) in [6, 6.07) is 10.5. The largest absolute Gasteiger partial charge is 0.483 e. The van der Waals surface area contributed by atoms with E-state index in [1.165, 1.54) is 0 Å². The van der Waals surface area contributed by atoms with Gasteiger partial charge in [-0.3, -0.25) is 9.59 Å². The summed E-state index contributed by atoms with van der Waals surface area (Å²) >= 11 is 1.67. The molecule has 0 radical (unpaired) electrons. The predicted molar refractivity (Wildman–Crippen MR) is 119 cm³/mol. The molecule has 0 spiro atoms. The van der Waals surface area contributed by atoms with Gasteiger partial charge < -0.3 is 15.3 Å². The fourth-order valence-corrected chi connectivity index (χ4v) is 5.21. The molecule has 2 aliphatic rings. The van der Waals surface area contributed by atoms with Crippen molar-refractivity contribution in [1.82, 2.24) is 19.7 Å². The number of nitrogens with zero attached hydrogens (tertiary/aromatic N) is 4. The van der Waals surface area contributed by atoms with Gasteiger partial charge in [0.25, 0.3) is 6.47 Å². The number of aromatic nitrogens is 3. The van der Waals surface area contributed by atoms with Crippen molar-refractivity contribution in [2.75, 3.05) is 25.5 Å². The minimum Gasteiger partial charge on any atom is -0.483 e. The van der Waals surface area contributed by atoms with Crippen LogP contribution in [0.5, 0.6) is 0 Å². The molecule has 1 saturated heterocycles. The summed E-state index contributed by atoms with van der Waals surface area (Å²) in [6.45, 7) is 1.87. The summed E-state index contributed by atoms with van der Waals surface area (Å²) < 4.78 is 2.05. The molecular formula is C22H25N5O3S. The monoisotopic (exact) mass is 439 g/mol. The molecule has 2 N–H and O–H groups in total. The Hall–Kier alpha value is -3.04. The molecule has 2 aromatic heterocycles. The first-order valence-corrected chi connectivity index (χ1v) is 11.1. The quantitative estimate of drug-likeness (QED) is 0.607. The van der Waals surface area contributed by atoms with Crippen molar-refractivity contribution >= 4 is 29.5 Å². The lowest BCUT2D eigenvalue weighted by molar-refractivity contribution is -0.123. The molecule has 1 aromatic carbocycles. The maximum absolute atomic E-state index is 12.5. The van der Waals surface area contributed by atoms with Crippen LogP contribution in [0.4, 0.5) is 5.82 Å². The normalized spacial score (nSPS) is 19.1. The summed E-state index contributed by atoms with van der Waals surface area (Å²) in [4.78, 5) is 28.9. The highest BCUT2D eigenvalue weighted by Crippen LogP contribution is 2.42. The number of carbonyl (C=O) groups is 2. The van der Waals surface area contributed by atoms with Gasteiger partial charge in [0.2, 0.25) is 5.91 Å². The van der Waals surface area contributed by atoms with Crippen LogP contribution in [0, 0.1) is 0 Å². The number of benzene rings is 1. The van der Waals surface area contributed by atoms with Crippen LogP contribution in [0.1, 0.15) is 41.7 Å². The average Bonchev–Trinajstić information content (AvgIpc) is 3.43. The standard InChI is InChI=1S/C21H23N5OS.CH2O2/c1-25-9-7-15(8-10-25)26-20-17(12-23-26)16(11-19(27)24-20)18-13-22-21(28-18)14-5-3-2-4-6-14;2-1-3/h2-6,12-13,15-16H,7-11H2,1H3,(H,24,27);1H,(H,2,3). The maximum Gasteiger partial charge on any atom is 0.290 e. The summed E-state index contributed by atoms with van der Waals surface area (Å²) in [6.07, 6.45) is 6.43. The highest BCUT2D eigenvalue weighted by molar-refractivity contribution is 7.15. The summed E-state index contributed by atoms with van der Waals surface area (Å²) in [5.74, 6) is 0.964. The van der Waals surface area contributed by atoms with Crippen molar-refractivity contribution < 1.29 is 14.7 Å². The van der Waals surface area contributed by atoms with Gasteiger partial charge in [-0.05, 0) is 33.0 Å². The number of hydrogen-bond acceptors (Lipinski definition) is 6. The minimum atomic E-state index is -0.250. The number of rotatable bonds is 3. The number of carbonyl (C=O) groups excluding carboxylic acids is 1. The molecule has 3 aromatic rings. The van der Waals surface area contributed by atoms with E-state index in [0.717, 1.165) is 52.8 Å². The summed E-state index contributed by atoms with van der Waals surface area (Å²) in [5, 5.41) is 15.7. The fourth-order valence-electron chi connectivity index (χ4n) is 4.17. The van der Waals surface area contributed by atoms with E-state index in [2.05, 4.69) is 39.5 Å². The number of fused-ring (bicyclic) bond motifs is 1. The van der Waals surface area contributed by atoms with Gasteiger partial charge in [-0.15, -0.1) is 11.3 Å².